The van der Waals surface area contributed by atoms with Crippen LogP contribution in [0.2, 0.25) is 0 Å². The number of halogens is 2. The van der Waals surface area contributed by atoms with Gasteiger partial charge in [-0.15, -0.1) is 0 Å². The van der Waals surface area contributed by atoms with Gasteiger partial charge in [0.05, 0.1) is 4.47 Å². The average molecular weight is 204 g/mol. The molecule has 0 radical (unpaired) electrons. The third-order valence-electron chi connectivity index (χ3n) is 1.31. The van der Waals surface area contributed by atoms with E-state index in [-0.39, 0.29) is 5.82 Å². The van der Waals surface area contributed by atoms with Crippen LogP contribution in [0.4, 0.5) is 10.1 Å². The molecule has 0 saturated heterocycles. The molecular formula is C7H7BrFN. The van der Waals surface area contributed by atoms with Crippen molar-refractivity contribution in [3.8, 4) is 0 Å². The zero-order chi connectivity index (χ0) is 7.72. The van der Waals surface area contributed by atoms with Crippen molar-refractivity contribution in [3.05, 3.63) is 28.0 Å². The molecule has 1 rings (SSSR count). The van der Waals surface area contributed by atoms with Crippen LogP contribution in [0.15, 0.2) is 16.6 Å². The molecule has 54 valence electrons. The van der Waals surface area contributed by atoms with E-state index in [9.17, 15) is 4.39 Å². The molecule has 0 heterocycles. The SMILES string of the molecule is Cc1ccc(N)c(Br)c1F. The number of hydrogen-bond donors (Lipinski definition) is 1. The highest BCUT2D eigenvalue weighted by Gasteiger charge is 2.04. The second-order valence-corrected chi connectivity index (χ2v) is 2.89. The Morgan fingerprint density at radius 3 is 2.60 bits per heavy atom. The van der Waals surface area contributed by atoms with E-state index in [1.807, 2.05) is 0 Å². The molecule has 0 unspecified atom stereocenters. The smallest absolute Gasteiger partial charge is 0.142 e. The lowest BCUT2D eigenvalue weighted by atomic mass is 10.2. The molecule has 0 aromatic heterocycles. The summed E-state index contributed by atoms with van der Waals surface area (Å²) in [4.78, 5) is 0. The molecule has 0 aliphatic rings. The molecular weight excluding hydrogens is 197 g/mol. The zero-order valence-corrected chi connectivity index (χ0v) is 7.07. The summed E-state index contributed by atoms with van der Waals surface area (Å²) in [5.74, 6) is -0.278. The summed E-state index contributed by atoms with van der Waals surface area (Å²) in [5, 5.41) is 0. The molecule has 0 fully saturated rings. The molecule has 0 bridgehead atoms. The molecule has 3 heteroatoms. The summed E-state index contributed by atoms with van der Waals surface area (Å²) in [6.45, 7) is 1.69. The molecule has 1 aromatic rings. The Hall–Kier alpha value is -0.570. The van der Waals surface area contributed by atoms with E-state index in [1.54, 1.807) is 19.1 Å². The first-order chi connectivity index (χ1) is 4.63. The lowest BCUT2D eigenvalue weighted by Crippen LogP contribution is -1.91. The molecule has 0 saturated carbocycles. The second kappa shape index (κ2) is 2.58. The fourth-order valence-electron chi connectivity index (χ4n) is 0.661. The van der Waals surface area contributed by atoms with Crippen LogP contribution >= 0.6 is 15.9 Å². The maximum absolute atomic E-state index is 12.9. The van der Waals surface area contributed by atoms with Crippen molar-refractivity contribution in [3.63, 3.8) is 0 Å². The summed E-state index contributed by atoms with van der Waals surface area (Å²) in [6.07, 6.45) is 0. The Kier molecular flexibility index (Phi) is 1.94. The summed E-state index contributed by atoms with van der Waals surface area (Å²) in [5.41, 5.74) is 6.43. The number of nitrogens with two attached hydrogens (primary N) is 1. The van der Waals surface area contributed by atoms with Crippen LogP contribution in [0.5, 0.6) is 0 Å². The predicted molar refractivity (Wildman–Crippen MR) is 43.2 cm³/mol. The van der Waals surface area contributed by atoms with Gasteiger partial charge in [-0.1, -0.05) is 6.07 Å². The van der Waals surface area contributed by atoms with E-state index in [4.69, 9.17) is 5.73 Å². The highest BCUT2D eigenvalue weighted by molar-refractivity contribution is 9.10. The monoisotopic (exact) mass is 203 g/mol. The van der Waals surface area contributed by atoms with Crippen LogP contribution in [-0.4, -0.2) is 0 Å². The Balaban J connectivity index is 3.34. The van der Waals surface area contributed by atoms with Gasteiger partial charge in [0.2, 0.25) is 0 Å². The summed E-state index contributed by atoms with van der Waals surface area (Å²) in [6, 6.07) is 3.32. The van der Waals surface area contributed by atoms with Crippen molar-refractivity contribution in [1.82, 2.24) is 0 Å². The van der Waals surface area contributed by atoms with Crippen LogP contribution < -0.4 is 5.73 Å². The molecule has 1 aromatic carbocycles. The highest BCUT2D eigenvalue weighted by atomic mass is 79.9. The molecule has 0 spiro atoms. The van der Waals surface area contributed by atoms with Gasteiger partial charge in [0.15, 0.2) is 0 Å². The van der Waals surface area contributed by atoms with E-state index >= 15 is 0 Å². The number of rotatable bonds is 0. The van der Waals surface area contributed by atoms with Gasteiger partial charge in [-0.25, -0.2) is 4.39 Å². The van der Waals surface area contributed by atoms with E-state index < -0.39 is 0 Å². The highest BCUT2D eigenvalue weighted by Crippen LogP contribution is 2.24. The Morgan fingerprint density at radius 2 is 2.10 bits per heavy atom. The van der Waals surface area contributed by atoms with Crippen LogP contribution in [0.25, 0.3) is 0 Å². The number of nitrogen functional groups attached to an aromatic ring is 1. The molecule has 1 nitrogen and oxygen atoms in total. The zero-order valence-electron chi connectivity index (χ0n) is 5.49. The molecule has 0 aliphatic carbocycles. The van der Waals surface area contributed by atoms with Crippen molar-refractivity contribution in [1.29, 1.82) is 0 Å². The van der Waals surface area contributed by atoms with Gasteiger partial charge in [-0.05, 0) is 34.5 Å². The van der Waals surface area contributed by atoms with Crippen LogP contribution in [0, 0.1) is 12.7 Å². The van der Waals surface area contributed by atoms with Crippen LogP contribution in [-0.2, 0) is 0 Å². The molecule has 0 atom stereocenters. The number of benzene rings is 1. The third-order valence-corrected chi connectivity index (χ3v) is 2.11. The van der Waals surface area contributed by atoms with Crippen LogP contribution in [0.1, 0.15) is 5.56 Å². The molecule has 0 amide bonds. The quantitative estimate of drug-likeness (QED) is 0.645. The van der Waals surface area contributed by atoms with E-state index in [1.165, 1.54) is 0 Å². The average Bonchev–Trinajstić information content (AvgIpc) is 1.93. The van der Waals surface area contributed by atoms with Gasteiger partial charge in [0, 0.05) is 5.69 Å². The van der Waals surface area contributed by atoms with Crippen molar-refractivity contribution in [2.24, 2.45) is 0 Å². The van der Waals surface area contributed by atoms with Gasteiger partial charge in [0.1, 0.15) is 5.82 Å². The molecule has 2 N–H and O–H groups in total. The topological polar surface area (TPSA) is 26.0 Å². The minimum atomic E-state index is -0.278. The maximum atomic E-state index is 12.9. The Labute approximate surface area is 67.2 Å². The first kappa shape index (κ1) is 7.54. The molecule has 0 aliphatic heterocycles. The lowest BCUT2D eigenvalue weighted by Gasteiger charge is -2.00. The summed E-state index contributed by atoms with van der Waals surface area (Å²) in [7, 11) is 0. The van der Waals surface area contributed by atoms with Gasteiger partial charge in [-0.2, -0.15) is 0 Å². The Morgan fingerprint density at radius 1 is 1.50 bits per heavy atom. The second-order valence-electron chi connectivity index (χ2n) is 2.10. The number of aryl methyl sites for hydroxylation is 1. The first-order valence-corrected chi connectivity index (χ1v) is 3.62. The fourth-order valence-corrected chi connectivity index (χ4v) is 1.11. The van der Waals surface area contributed by atoms with Crippen molar-refractivity contribution >= 4 is 21.6 Å². The first-order valence-electron chi connectivity index (χ1n) is 2.83. The maximum Gasteiger partial charge on any atom is 0.142 e. The Bertz CT molecular complexity index is 233. The van der Waals surface area contributed by atoms with Crippen molar-refractivity contribution < 1.29 is 4.39 Å². The van der Waals surface area contributed by atoms with E-state index in [0.29, 0.717) is 15.7 Å². The summed E-state index contributed by atoms with van der Waals surface area (Å²) < 4.78 is 13.2. The van der Waals surface area contributed by atoms with Gasteiger partial charge >= 0.3 is 0 Å². The predicted octanol–water partition coefficient (Wildman–Crippen LogP) is 2.48. The third kappa shape index (κ3) is 1.14. The van der Waals surface area contributed by atoms with Crippen LogP contribution in [0.3, 0.4) is 0 Å². The van der Waals surface area contributed by atoms with E-state index in [0.717, 1.165) is 0 Å². The standard InChI is InChI=1S/C7H7BrFN/c1-4-2-3-5(10)6(8)7(4)9/h2-3H,10H2,1H3. The largest absolute Gasteiger partial charge is 0.398 e. The van der Waals surface area contributed by atoms with Gasteiger partial charge < -0.3 is 5.73 Å². The van der Waals surface area contributed by atoms with Crippen molar-refractivity contribution in [2.75, 3.05) is 5.73 Å². The van der Waals surface area contributed by atoms with Gasteiger partial charge in [-0.3, -0.25) is 0 Å². The van der Waals surface area contributed by atoms with Gasteiger partial charge in [0.25, 0.3) is 0 Å². The molecule has 10 heavy (non-hydrogen) atoms. The normalized spacial score (nSPS) is 9.90. The minimum Gasteiger partial charge on any atom is -0.398 e. The minimum absolute atomic E-state index is 0.278. The number of hydrogen-bond acceptors (Lipinski definition) is 1. The van der Waals surface area contributed by atoms with Crippen molar-refractivity contribution in [2.45, 2.75) is 6.92 Å². The fraction of sp³-hybridized carbons (Fsp3) is 0.143. The number of anilines is 1. The lowest BCUT2D eigenvalue weighted by molar-refractivity contribution is 0.612. The summed E-state index contributed by atoms with van der Waals surface area (Å²) >= 11 is 3.03. The van der Waals surface area contributed by atoms with E-state index in [2.05, 4.69) is 15.9 Å².